The van der Waals surface area contributed by atoms with E-state index in [4.69, 9.17) is 81.0 Å². The second-order valence-corrected chi connectivity index (χ2v) is 22.6. The minimum atomic E-state index is -1.26. The number of piperazine rings is 1. The fraction of sp³-hybridized carbons (Fsp3) is 0.482. The molecule has 0 unspecified atom stereocenters. The number of nitrogens with zero attached hydrogens (tertiary/aromatic N) is 6. The van der Waals surface area contributed by atoms with E-state index in [2.05, 4.69) is 16.8 Å². The van der Waals surface area contributed by atoms with Gasteiger partial charge in [-0.1, -0.05) is 35.3 Å². The molecular formula is C56H63Cl2FN6O9S. The lowest BCUT2D eigenvalue weighted by atomic mass is 9.86. The van der Waals surface area contributed by atoms with Gasteiger partial charge in [-0.2, -0.15) is 0 Å². The number of hydrogen-bond donors (Lipinski definition) is 0. The monoisotopic (exact) mass is 1080 g/mol. The van der Waals surface area contributed by atoms with Crippen LogP contribution in [0.2, 0.25) is 10.0 Å². The van der Waals surface area contributed by atoms with Crippen molar-refractivity contribution < 1.29 is 47.1 Å². The van der Waals surface area contributed by atoms with Gasteiger partial charge >= 0.3 is 5.97 Å². The van der Waals surface area contributed by atoms with Crippen molar-refractivity contribution >= 4 is 50.7 Å². The van der Waals surface area contributed by atoms with Crippen LogP contribution in [0, 0.1) is 19.7 Å². The minimum Gasteiger partial charge on any atom is -0.490 e. The first-order valence-corrected chi connectivity index (χ1v) is 27.2. The molecule has 4 aliphatic heterocycles. The first kappa shape index (κ1) is 53.2. The van der Waals surface area contributed by atoms with E-state index in [0.29, 0.717) is 97.6 Å². The van der Waals surface area contributed by atoms with Crippen LogP contribution in [0.3, 0.4) is 0 Å². The number of hydrogen-bond acceptors (Lipinski definition) is 16. The Balaban J connectivity index is 1.03. The molecule has 398 valence electrons. The number of ether oxygens (including phenoxy) is 8. The molecule has 0 radical (unpaired) electrons. The molecule has 1 aliphatic carbocycles. The van der Waals surface area contributed by atoms with Crippen molar-refractivity contribution in [2.24, 2.45) is 0 Å². The Morgan fingerprint density at radius 1 is 0.893 bits per heavy atom. The molecule has 0 N–H and O–H groups in total. The Hall–Kier alpha value is -5.24. The normalized spacial score (nSPS) is 21.8. The zero-order chi connectivity index (χ0) is 52.4. The van der Waals surface area contributed by atoms with Gasteiger partial charge in [0, 0.05) is 67.3 Å². The fourth-order valence-corrected chi connectivity index (χ4v) is 11.8. The van der Waals surface area contributed by atoms with Crippen molar-refractivity contribution in [3.05, 3.63) is 105 Å². The molecule has 5 aliphatic rings. The smallest absolute Gasteiger partial charge is 0.348 e. The van der Waals surface area contributed by atoms with Gasteiger partial charge in [0.05, 0.1) is 40.4 Å². The summed E-state index contributed by atoms with van der Waals surface area (Å²) >= 11 is 16.2. The molecule has 0 spiro atoms. The zero-order valence-electron chi connectivity index (χ0n) is 43.2. The number of carbonyl (C=O) groups is 1. The molecule has 11 rings (SSSR count). The van der Waals surface area contributed by atoms with Gasteiger partial charge in [0.1, 0.15) is 72.1 Å². The van der Waals surface area contributed by atoms with E-state index in [9.17, 15) is 9.18 Å². The molecular weight excluding hydrogens is 1020 g/mol. The summed E-state index contributed by atoms with van der Waals surface area (Å²) in [5, 5.41) is 1.16. The van der Waals surface area contributed by atoms with Gasteiger partial charge in [0.15, 0.2) is 5.75 Å². The van der Waals surface area contributed by atoms with Crippen LogP contribution in [0.4, 0.5) is 4.39 Å². The lowest BCUT2D eigenvalue weighted by Gasteiger charge is -2.35. The van der Waals surface area contributed by atoms with Gasteiger partial charge in [0.2, 0.25) is 12.0 Å². The Kier molecular flexibility index (Phi) is 16.4. The molecule has 1 saturated carbocycles. The van der Waals surface area contributed by atoms with Gasteiger partial charge < -0.3 is 42.8 Å². The fourth-order valence-electron chi connectivity index (χ4n) is 10.1. The molecule has 75 heavy (non-hydrogen) atoms. The number of aromatic nitrogens is 4. The Labute approximate surface area is 450 Å². The van der Waals surface area contributed by atoms with E-state index >= 15 is 0 Å². The Morgan fingerprint density at radius 3 is 2.37 bits per heavy atom. The van der Waals surface area contributed by atoms with Crippen LogP contribution in [0.1, 0.15) is 80.6 Å². The van der Waals surface area contributed by atoms with E-state index in [1.54, 1.807) is 18.3 Å². The number of esters is 1. The van der Waals surface area contributed by atoms with Crippen molar-refractivity contribution in [1.82, 2.24) is 29.7 Å². The number of carbonyl (C=O) groups excluding carboxylic acids is 1. The Bertz CT molecular complexity index is 2960. The summed E-state index contributed by atoms with van der Waals surface area (Å²) in [6.07, 6.45) is 5.15. The first-order chi connectivity index (χ1) is 36.1. The minimum absolute atomic E-state index is 0.0112. The van der Waals surface area contributed by atoms with Gasteiger partial charge in [-0.25, -0.2) is 29.1 Å². The predicted molar refractivity (Wildman–Crippen MR) is 285 cm³/mol. The number of rotatable bonds is 11. The van der Waals surface area contributed by atoms with Gasteiger partial charge in [-0.05, 0) is 126 Å². The van der Waals surface area contributed by atoms with E-state index in [1.165, 1.54) is 29.8 Å². The molecule has 3 fully saturated rings. The van der Waals surface area contributed by atoms with Crippen molar-refractivity contribution in [3.8, 4) is 44.7 Å². The largest absolute Gasteiger partial charge is 0.490 e. The van der Waals surface area contributed by atoms with Crippen LogP contribution in [0.15, 0.2) is 61.1 Å². The number of likely N-dealkylation sites (N-methyl/N-ethyl adjacent to an activating group) is 1. The quantitative estimate of drug-likeness (QED) is 0.113. The third-order valence-electron chi connectivity index (χ3n) is 14.1. The summed E-state index contributed by atoms with van der Waals surface area (Å²) in [5.74, 6) is 1.42. The summed E-state index contributed by atoms with van der Waals surface area (Å²) in [5.41, 5.74) is 3.89. The molecule has 3 aromatic heterocycles. The number of benzene rings is 3. The highest BCUT2D eigenvalue weighted by molar-refractivity contribution is 7.22. The average Bonchev–Trinajstić information content (AvgIpc) is 4.07. The molecule has 15 nitrogen and oxygen atoms in total. The molecule has 3 atom stereocenters. The summed E-state index contributed by atoms with van der Waals surface area (Å²) in [4.78, 5) is 39.7. The van der Waals surface area contributed by atoms with Crippen LogP contribution in [-0.4, -0.2) is 132 Å². The van der Waals surface area contributed by atoms with Crippen molar-refractivity contribution in [2.45, 2.75) is 109 Å². The third kappa shape index (κ3) is 12.5. The lowest BCUT2D eigenvalue weighted by Crippen LogP contribution is -2.49. The predicted octanol–water partition coefficient (Wildman–Crippen LogP) is 10.6. The van der Waals surface area contributed by atoms with Gasteiger partial charge in [-0.15, -0.1) is 11.3 Å². The van der Waals surface area contributed by atoms with Crippen LogP contribution in [-0.2, 0) is 36.8 Å². The highest BCUT2D eigenvalue weighted by Gasteiger charge is 2.34. The molecule has 0 amide bonds. The zero-order valence-corrected chi connectivity index (χ0v) is 45.5. The third-order valence-corrected chi connectivity index (χ3v) is 16.2. The second-order valence-electron chi connectivity index (χ2n) is 20.8. The number of fused-ring (bicyclic) bond motifs is 7. The van der Waals surface area contributed by atoms with Gasteiger partial charge in [-0.3, -0.25) is 4.90 Å². The molecule has 19 heteroatoms. The summed E-state index contributed by atoms with van der Waals surface area (Å²) in [7, 11) is 2.12. The van der Waals surface area contributed by atoms with Crippen LogP contribution in [0.25, 0.3) is 31.8 Å². The maximum atomic E-state index is 14.6. The highest BCUT2D eigenvalue weighted by atomic mass is 35.5. The number of halogens is 3. The van der Waals surface area contributed by atoms with E-state index in [0.717, 1.165) is 68.1 Å². The second kappa shape index (κ2) is 23.2. The first-order valence-electron chi connectivity index (χ1n) is 25.6. The molecule has 4 bridgehead atoms. The van der Waals surface area contributed by atoms with E-state index in [-0.39, 0.29) is 49.5 Å². The topological polar surface area (TPSA) is 149 Å². The van der Waals surface area contributed by atoms with E-state index in [1.807, 2.05) is 58.9 Å². The van der Waals surface area contributed by atoms with Crippen molar-refractivity contribution in [2.75, 3.05) is 66.4 Å². The number of thiophene rings is 1. The van der Waals surface area contributed by atoms with Gasteiger partial charge in [0.25, 0.3) is 0 Å². The van der Waals surface area contributed by atoms with Crippen molar-refractivity contribution in [1.29, 1.82) is 0 Å². The van der Waals surface area contributed by atoms with Crippen molar-refractivity contribution in [3.63, 3.8) is 0 Å². The molecule has 6 aromatic rings. The maximum Gasteiger partial charge on any atom is 0.348 e. The SMILES string of the molecule is Cc1c(Cl)c2c(Cl)c(C)c1-c1c(-c3ccc(F)cc3)sc3ncnc(c13)O[C@@H](C(=O)OC(C)(C)C)Cc1cc(ccc1OCc1ccnc(C3CCC(OC[C@@H]4COCO4)CC3)n1)OC[C@@H](CN1CCN(C)CC1)O2. The summed E-state index contributed by atoms with van der Waals surface area (Å²) < 4.78 is 64.8. The molecule has 3 aromatic carbocycles. The molecule has 2 saturated heterocycles. The highest BCUT2D eigenvalue weighted by Crippen LogP contribution is 2.53. The van der Waals surface area contributed by atoms with Crippen LogP contribution >= 0.6 is 34.5 Å². The summed E-state index contributed by atoms with van der Waals surface area (Å²) in [6.45, 7) is 15.0. The summed E-state index contributed by atoms with van der Waals surface area (Å²) in [6, 6.07) is 13.6. The lowest BCUT2D eigenvalue weighted by molar-refractivity contribution is -0.163. The average molecular weight is 1090 g/mol. The standard InChI is InChI=1S/C56H63Cl2FN6O9S/c1-32-45-33(2)49(58)50(48(32)57)72-41(25-65-21-19-64(6)20-22-65)28-69-40-15-16-43(70-26-38-17-18-60-52(63-38)35-9-13-39(14-10-35)68-29-42-27-67-31-71-42)36(23-40)24-44(55(66)74-56(3,4)5)73-53-47-46(45)51(75-54(47)62-30-61-53)34-7-11-37(59)12-8-34/h7-8,11-12,15-18,23,30,35,39,41-42,44H,9-10,13-14,19-22,24-29,31H2,1-6H3/t35?,39?,41-,42+,44-/m1/s1. The molecule has 7 heterocycles. The van der Waals surface area contributed by atoms with Crippen LogP contribution < -0.4 is 18.9 Å². The Morgan fingerprint density at radius 2 is 1.65 bits per heavy atom. The van der Waals surface area contributed by atoms with E-state index < -0.39 is 23.8 Å². The van der Waals surface area contributed by atoms with Crippen LogP contribution in [0.5, 0.6) is 23.1 Å². The maximum absolute atomic E-state index is 14.6.